The number of nitriles is 1. The first-order chi connectivity index (χ1) is 10.8. The van der Waals surface area contributed by atoms with Gasteiger partial charge in [-0.05, 0) is 60.1 Å². The van der Waals surface area contributed by atoms with E-state index in [0.29, 0.717) is 5.56 Å². The van der Waals surface area contributed by atoms with Gasteiger partial charge in [0.05, 0.1) is 11.6 Å². The van der Waals surface area contributed by atoms with Crippen LogP contribution in [0.2, 0.25) is 0 Å². The van der Waals surface area contributed by atoms with Crippen molar-refractivity contribution in [1.82, 2.24) is 0 Å². The minimum Gasteiger partial charge on any atom is -0.265 e. The van der Waals surface area contributed by atoms with Gasteiger partial charge in [0.15, 0.2) is 0 Å². The van der Waals surface area contributed by atoms with Crippen molar-refractivity contribution in [3.8, 4) is 6.07 Å². The fraction of sp³-hybridized carbons (Fsp3) is 0.333. The number of rotatable bonds is 3. The normalized spacial score (nSPS) is 17.4. The second-order valence-electron chi connectivity index (χ2n) is 6.86. The molecule has 0 N–H and O–H groups in total. The van der Waals surface area contributed by atoms with Crippen LogP contribution in [0, 0.1) is 23.7 Å². The molecule has 1 aliphatic rings. The highest BCUT2D eigenvalue weighted by atomic mass is 14.7. The molecule has 0 unspecified atom stereocenters. The van der Waals surface area contributed by atoms with Gasteiger partial charge >= 0.3 is 0 Å². The molecule has 1 aromatic rings. The first-order valence-corrected chi connectivity index (χ1v) is 7.93. The lowest BCUT2D eigenvalue weighted by Gasteiger charge is -2.19. The molecule has 2 nitrogen and oxygen atoms in total. The highest BCUT2D eigenvalue weighted by molar-refractivity contribution is 5.64. The van der Waals surface area contributed by atoms with E-state index in [1.807, 2.05) is 31.3 Å². The van der Waals surface area contributed by atoms with Crippen molar-refractivity contribution in [1.29, 1.82) is 5.26 Å². The van der Waals surface area contributed by atoms with Crippen molar-refractivity contribution < 1.29 is 0 Å². The van der Waals surface area contributed by atoms with E-state index in [4.69, 9.17) is 10.3 Å². The highest BCUT2D eigenvalue weighted by Gasteiger charge is 2.20. The minimum absolute atomic E-state index is 0.0950. The molecule has 0 saturated heterocycles. The van der Waals surface area contributed by atoms with Crippen molar-refractivity contribution in [2.75, 3.05) is 0 Å². The van der Waals surface area contributed by atoms with Crippen LogP contribution in [-0.2, 0) is 6.42 Å². The zero-order valence-electron chi connectivity index (χ0n) is 14.5. The third kappa shape index (κ3) is 4.29. The first-order valence-electron chi connectivity index (χ1n) is 7.93. The van der Waals surface area contributed by atoms with Crippen molar-refractivity contribution >= 4 is 6.21 Å². The van der Waals surface area contributed by atoms with Crippen LogP contribution < -0.4 is 0 Å². The van der Waals surface area contributed by atoms with Crippen LogP contribution in [0.15, 0.2) is 58.8 Å². The summed E-state index contributed by atoms with van der Waals surface area (Å²) in [4.78, 5) is 4.74. The zero-order chi connectivity index (χ0) is 17.0. The second kappa shape index (κ2) is 6.79. The molecular formula is C21H24N2. The lowest BCUT2D eigenvalue weighted by molar-refractivity contribution is 0.474. The van der Waals surface area contributed by atoms with Crippen LogP contribution in [0.1, 0.15) is 43.9 Å². The van der Waals surface area contributed by atoms with Gasteiger partial charge in [-0.15, -0.1) is 0 Å². The molecule has 1 aromatic carbocycles. The first kappa shape index (κ1) is 17.0. The molecule has 1 aliphatic carbocycles. The Kier molecular flexibility index (Phi) is 5.01. The average Bonchev–Trinajstić information content (AvgIpc) is 2.60. The number of aliphatic imine (C=N–C) groups is 1. The molecule has 0 aliphatic heterocycles. The lowest BCUT2D eigenvalue weighted by Crippen LogP contribution is -2.07. The maximum atomic E-state index is 8.93. The maximum absolute atomic E-state index is 8.93. The monoisotopic (exact) mass is 304 g/mol. The van der Waals surface area contributed by atoms with Crippen molar-refractivity contribution in [3.05, 3.63) is 70.5 Å². The Morgan fingerprint density at radius 1 is 1.35 bits per heavy atom. The van der Waals surface area contributed by atoms with E-state index in [1.54, 1.807) is 0 Å². The summed E-state index contributed by atoms with van der Waals surface area (Å²) in [6, 6.07) is 7.97. The molecule has 118 valence electrons. The summed E-state index contributed by atoms with van der Waals surface area (Å²) >= 11 is 0. The van der Waals surface area contributed by atoms with Crippen molar-refractivity contribution in [2.24, 2.45) is 10.4 Å². The van der Waals surface area contributed by atoms with E-state index >= 15 is 0 Å². The SMILES string of the molecule is C=C1C=CC(C)(C)CC(/N=C\Cc2ccc(C#N)cc2C)=C1C. The zero-order valence-corrected chi connectivity index (χ0v) is 14.5. The Hall–Kier alpha value is -2.40. The Labute approximate surface area is 139 Å². The van der Waals surface area contributed by atoms with Gasteiger partial charge in [0.2, 0.25) is 0 Å². The number of nitrogens with zero attached hydrogens (tertiary/aromatic N) is 2. The van der Waals surface area contributed by atoms with E-state index in [2.05, 4.69) is 45.6 Å². The fourth-order valence-electron chi connectivity index (χ4n) is 2.65. The smallest absolute Gasteiger partial charge is 0.0991 e. The predicted octanol–water partition coefficient (Wildman–Crippen LogP) is 5.30. The predicted molar refractivity (Wildman–Crippen MR) is 97.5 cm³/mol. The molecular weight excluding hydrogens is 280 g/mol. The highest BCUT2D eigenvalue weighted by Crippen LogP contribution is 2.34. The standard InChI is InChI=1S/C21H24N2/c1-15-8-10-21(4,5)13-20(17(15)3)23-11-9-19-7-6-18(14-22)12-16(19)2/h6-8,10-12H,1,9,13H2,2-5H3/b23-11-. The third-order valence-corrected chi connectivity index (χ3v) is 4.30. The van der Waals surface area contributed by atoms with Gasteiger partial charge in [0, 0.05) is 18.3 Å². The van der Waals surface area contributed by atoms with Gasteiger partial charge in [0.1, 0.15) is 0 Å². The molecule has 0 saturated carbocycles. The average molecular weight is 304 g/mol. The molecule has 0 heterocycles. The quantitative estimate of drug-likeness (QED) is 0.698. The topological polar surface area (TPSA) is 36.1 Å². The minimum atomic E-state index is 0.0950. The second-order valence-corrected chi connectivity index (χ2v) is 6.86. The van der Waals surface area contributed by atoms with Crippen LogP contribution in [0.4, 0.5) is 0 Å². The molecule has 0 spiro atoms. The molecule has 0 bridgehead atoms. The summed E-state index contributed by atoms with van der Waals surface area (Å²) in [6.07, 6.45) is 7.97. The fourth-order valence-corrected chi connectivity index (χ4v) is 2.65. The largest absolute Gasteiger partial charge is 0.265 e. The number of allylic oxidation sites excluding steroid dienone is 5. The molecule has 0 amide bonds. The Morgan fingerprint density at radius 3 is 2.74 bits per heavy atom. The van der Waals surface area contributed by atoms with Crippen molar-refractivity contribution in [3.63, 3.8) is 0 Å². The molecule has 2 heteroatoms. The molecule has 23 heavy (non-hydrogen) atoms. The summed E-state index contributed by atoms with van der Waals surface area (Å²) in [5.74, 6) is 0. The molecule has 2 rings (SSSR count). The molecule has 0 fully saturated rings. The summed E-state index contributed by atoms with van der Waals surface area (Å²) in [6.45, 7) is 12.7. The maximum Gasteiger partial charge on any atom is 0.0991 e. The van der Waals surface area contributed by atoms with Gasteiger partial charge in [-0.2, -0.15) is 5.26 Å². The van der Waals surface area contributed by atoms with Gasteiger partial charge in [-0.1, -0.05) is 38.6 Å². The number of aryl methyl sites for hydroxylation is 1. The van der Waals surface area contributed by atoms with E-state index < -0.39 is 0 Å². The van der Waals surface area contributed by atoms with Crippen LogP contribution in [0.3, 0.4) is 0 Å². The Bertz CT molecular complexity index is 753. The van der Waals surface area contributed by atoms with Crippen LogP contribution >= 0.6 is 0 Å². The Balaban J connectivity index is 2.18. The number of benzene rings is 1. The third-order valence-electron chi connectivity index (χ3n) is 4.30. The van der Waals surface area contributed by atoms with Gasteiger partial charge in [-0.3, -0.25) is 4.99 Å². The van der Waals surface area contributed by atoms with E-state index in [9.17, 15) is 0 Å². The van der Waals surface area contributed by atoms with Crippen LogP contribution in [0.5, 0.6) is 0 Å². The summed E-state index contributed by atoms with van der Waals surface area (Å²) in [5.41, 5.74) is 6.45. The lowest BCUT2D eigenvalue weighted by atomic mass is 9.88. The number of hydrogen-bond donors (Lipinski definition) is 0. The molecule has 0 atom stereocenters. The number of hydrogen-bond acceptors (Lipinski definition) is 2. The van der Waals surface area contributed by atoms with Crippen LogP contribution in [-0.4, -0.2) is 6.21 Å². The summed E-state index contributed by atoms with van der Waals surface area (Å²) < 4.78 is 0. The summed E-state index contributed by atoms with van der Waals surface area (Å²) in [5, 5.41) is 8.93. The van der Waals surface area contributed by atoms with Gasteiger partial charge in [0.25, 0.3) is 0 Å². The van der Waals surface area contributed by atoms with E-state index in [1.165, 1.54) is 11.1 Å². The Morgan fingerprint density at radius 2 is 2.09 bits per heavy atom. The van der Waals surface area contributed by atoms with Crippen molar-refractivity contribution in [2.45, 2.75) is 40.5 Å². The van der Waals surface area contributed by atoms with Gasteiger partial charge < -0.3 is 0 Å². The molecule has 0 radical (unpaired) electrons. The molecule has 0 aromatic heterocycles. The van der Waals surface area contributed by atoms with Crippen LogP contribution in [0.25, 0.3) is 0 Å². The van der Waals surface area contributed by atoms with Gasteiger partial charge in [-0.25, -0.2) is 0 Å². The summed E-state index contributed by atoms with van der Waals surface area (Å²) in [7, 11) is 0. The van der Waals surface area contributed by atoms with E-state index in [-0.39, 0.29) is 5.41 Å². The van der Waals surface area contributed by atoms with E-state index in [0.717, 1.165) is 29.7 Å².